The first-order chi connectivity index (χ1) is 8.19. The summed E-state index contributed by atoms with van der Waals surface area (Å²) >= 11 is 5.60. The van der Waals surface area contributed by atoms with Gasteiger partial charge in [0.15, 0.2) is 0 Å². The third-order valence-corrected chi connectivity index (χ3v) is 3.23. The summed E-state index contributed by atoms with van der Waals surface area (Å²) in [5.74, 6) is 1.76. The number of benzene rings is 1. The number of ether oxygens (including phenoxy) is 1. The fraction of sp³-hybridized carbons (Fsp3) is 0.0909. The Balaban J connectivity index is 2.25. The van der Waals surface area contributed by atoms with Crippen LogP contribution in [0, 0.1) is 3.57 Å². The summed E-state index contributed by atoms with van der Waals surface area (Å²) in [5, 5.41) is 2.87. The Morgan fingerprint density at radius 1 is 1.29 bits per heavy atom. The maximum atomic E-state index is 5.67. The molecule has 0 bridgehead atoms. The van der Waals surface area contributed by atoms with Crippen LogP contribution in [0.25, 0.3) is 0 Å². The van der Waals surface area contributed by atoms with Crippen LogP contribution in [0.4, 0.5) is 5.95 Å². The lowest BCUT2D eigenvalue weighted by molar-refractivity contribution is 0.459. The van der Waals surface area contributed by atoms with Crippen molar-refractivity contribution in [1.29, 1.82) is 0 Å². The highest BCUT2D eigenvalue weighted by atomic mass is 127. The number of anilines is 1. The van der Waals surface area contributed by atoms with Gasteiger partial charge in [-0.25, -0.2) is 4.98 Å². The molecule has 0 amide bonds. The maximum absolute atomic E-state index is 5.67. The van der Waals surface area contributed by atoms with Crippen molar-refractivity contribution in [1.82, 2.24) is 9.97 Å². The van der Waals surface area contributed by atoms with Crippen molar-refractivity contribution < 1.29 is 4.74 Å². The smallest absolute Gasteiger partial charge is 0.238 e. The minimum atomic E-state index is 0.491. The molecule has 1 aromatic heterocycles. The zero-order chi connectivity index (χ0) is 12.3. The first-order valence-corrected chi connectivity index (χ1v) is 6.70. The monoisotopic (exact) mass is 405 g/mol. The summed E-state index contributed by atoms with van der Waals surface area (Å²) in [5.41, 5.74) is 0. The van der Waals surface area contributed by atoms with E-state index in [1.165, 1.54) is 0 Å². The lowest BCUT2D eigenvalue weighted by Gasteiger charge is -2.07. The highest BCUT2D eigenvalue weighted by molar-refractivity contribution is 14.1. The van der Waals surface area contributed by atoms with E-state index in [-0.39, 0.29) is 0 Å². The third-order valence-electron chi connectivity index (χ3n) is 1.96. The van der Waals surface area contributed by atoms with Gasteiger partial charge in [-0.3, -0.25) is 0 Å². The molecule has 0 atom stereocenters. The predicted octanol–water partition coefficient (Wildman–Crippen LogP) is 3.68. The molecule has 2 aromatic rings. The van der Waals surface area contributed by atoms with E-state index in [9.17, 15) is 0 Å². The summed E-state index contributed by atoms with van der Waals surface area (Å²) in [6.45, 7) is 0. The van der Waals surface area contributed by atoms with E-state index in [4.69, 9.17) is 4.74 Å². The van der Waals surface area contributed by atoms with E-state index in [0.29, 0.717) is 11.8 Å². The maximum Gasteiger partial charge on any atom is 0.238 e. The molecular weight excluding hydrogens is 397 g/mol. The van der Waals surface area contributed by atoms with Gasteiger partial charge in [0.25, 0.3) is 0 Å². The van der Waals surface area contributed by atoms with Crippen LogP contribution in [-0.4, -0.2) is 17.0 Å². The van der Waals surface area contributed by atoms with Gasteiger partial charge in [-0.15, -0.1) is 0 Å². The van der Waals surface area contributed by atoms with Gasteiger partial charge < -0.3 is 10.1 Å². The summed E-state index contributed by atoms with van der Waals surface area (Å²) in [6, 6.07) is 7.75. The van der Waals surface area contributed by atoms with Crippen LogP contribution in [0.15, 0.2) is 34.9 Å². The topological polar surface area (TPSA) is 47.0 Å². The number of nitrogens with one attached hydrogen (secondary N) is 1. The Labute approximate surface area is 121 Å². The summed E-state index contributed by atoms with van der Waals surface area (Å²) in [7, 11) is 1.76. The summed E-state index contributed by atoms with van der Waals surface area (Å²) < 4.78 is 7.54. The van der Waals surface area contributed by atoms with Gasteiger partial charge >= 0.3 is 0 Å². The average molecular weight is 406 g/mol. The van der Waals surface area contributed by atoms with Crippen LogP contribution in [0.5, 0.6) is 11.6 Å². The highest BCUT2D eigenvalue weighted by Crippen LogP contribution is 2.28. The molecule has 0 aliphatic carbocycles. The first-order valence-electron chi connectivity index (χ1n) is 4.83. The molecule has 0 aliphatic heterocycles. The second-order valence-corrected chi connectivity index (χ2v) is 5.25. The minimum Gasteiger partial charge on any atom is -0.438 e. The lowest BCUT2D eigenvalue weighted by atomic mass is 10.3. The molecule has 2 rings (SSSR count). The van der Waals surface area contributed by atoms with Crippen molar-refractivity contribution in [3.63, 3.8) is 0 Å². The van der Waals surface area contributed by atoms with Crippen LogP contribution in [0.2, 0.25) is 0 Å². The Morgan fingerprint density at radius 3 is 2.65 bits per heavy atom. The molecule has 0 aliphatic rings. The van der Waals surface area contributed by atoms with Gasteiger partial charge in [0.2, 0.25) is 11.8 Å². The zero-order valence-corrected chi connectivity index (χ0v) is 12.7. The standard InChI is InChI=1S/C11H9BrIN3O/c1-14-11-15-6-9(12)10(16-11)17-8-4-2-7(13)3-5-8/h2-6H,1H3,(H,14,15,16). The van der Waals surface area contributed by atoms with Gasteiger partial charge in [0, 0.05) is 10.6 Å². The quantitative estimate of drug-likeness (QED) is 0.791. The molecule has 1 aromatic carbocycles. The van der Waals surface area contributed by atoms with E-state index in [2.05, 4.69) is 53.8 Å². The zero-order valence-electron chi connectivity index (χ0n) is 8.95. The second-order valence-electron chi connectivity index (χ2n) is 3.15. The molecule has 17 heavy (non-hydrogen) atoms. The van der Waals surface area contributed by atoms with Gasteiger partial charge in [-0.1, -0.05) is 0 Å². The molecule has 0 fully saturated rings. The van der Waals surface area contributed by atoms with Gasteiger partial charge in [-0.2, -0.15) is 4.98 Å². The van der Waals surface area contributed by atoms with Crippen molar-refractivity contribution in [3.8, 4) is 11.6 Å². The first kappa shape index (κ1) is 12.6. The van der Waals surface area contributed by atoms with Crippen molar-refractivity contribution in [2.24, 2.45) is 0 Å². The van der Waals surface area contributed by atoms with Crippen LogP contribution >= 0.6 is 38.5 Å². The Hall–Kier alpha value is -0.890. The fourth-order valence-electron chi connectivity index (χ4n) is 1.16. The Morgan fingerprint density at radius 2 is 2.00 bits per heavy atom. The molecule has 0 spiro atoms. The van der Waals surface area contributed by atoms with Gasteiger partial charge in [-0.05, 0) is 62.8 Å². The van der Waals surface area contributed by atoms with E-state index < -0.39 is 0 Å². The summed E-state index contributed by atoms with van der Waals surface area (Å²) in [4.78, 5) is 8.28. The third kappa shape index (κ3) is 3.29. The molecular formula is C11H9BrIN3O. The molecule has 1 heterocycles. The number of halogens is 2. The van der Waals surface area contributed by atoms with Crippen LogP contribution < -0.4 is 10.1 Å². The largest absolute Gasteiger partial charge is 0.438 e. The second kappa shape index (κ2) is 5.63. The van der Waals surface area contributed by atoms with Gasteiger partial charge in [0.05, 0.1) is 10.7 Å². The Bertz CT molecular complexity index is 519. The highest BCUT2D eigenvalue weighted by Gasteiger charge is 2.06. The van der Waals surface area contributed by atoms with E-state index in [1.807, 2.05) is 24.3 Å². The van der Waals surface area contributed by atoms with E-state index >= 15 is 0 Å². The van der Waals surface area contributed by atoms with E-state index in [0.717, 1.165) is 13.8 Å². The molecule has 6 heteroatoms. The number of hydrogen-bond acceptors (Lipinski definition) is 4. The van der Waals surface area contributed by atoms with Crippen molar-refractivity contribution in [2.75, 3.05) is 12.4 Å². The SMILES string of the molecule is CNc1ncc(Br)c(Oc2ccc(I)cc2)n1. The average Bonchev–Trinajstić information content (AvgIpc) is 2.35. The van der Waals surface area contributed by atoms with Crippen molar-refractivity contribution >= 4 is 44.5 Å². The van der Waals surface area contributed by atoms with Crippen LogP contribution in [0.1, 0.15) is 0 Å². The molecule has 4 nitrogen and oxygen atoms in total. The number of aromatic nitrogens is 2. The van der Waals surface area contributed by atoms with Gasteiger partial charge in [0.1, 0.15) is 5.75 Å². The minimum absolute atomic E-state index is 0.491. The van der Waals surface area contributed by atoms with Crippen molar-refractivity contribution in [2.45, 2.75) is 0 Å². The molecule has 0 radical (unpaired) electrons. The predicted molar refractivity (Wildman–Crippen MR) is 78.5 cm³/mol. The molecule has 0 saturated heterocycles. The number of rotatable bonds is 3. The molecule has 1 N–H and O–H groups in total. The number of hydrogen-bond donors (Lipinski definition) is 1. The molecule has 0 unspecified atom stereocenters. The number of nitrogens with zero attached hydrogens (tertiary/aromatic N) is 2. The van der Waals surface area contributed by atoms with E-state index in [1.54, 1.807) is 13.2 Å². The van der Waals surface area contributed by atoms with Crippen LogP contribution in [-0.2, 0) is 0 Å². The molecule has 88 valence electrons. The molecule has 0 saturated carbocycles. The lowest BCUT2D eigenvalue weighted by Crippen LogP contribution is -1.98. The Kier molecular flexibility index (Phi) is 4.16. The van der Waals surface area contributed by atoms with Crippen molar-refractivity contribution in [3.05, 3.63) is 38.5 Å². The normalized spacial score (nSPS) is 10.1. The summed E-state index contributed by atoms with van der Waals surface area (Å²) in [6.07, 6.45) is 1.65. The fourth-order valence-corrected chi connectivity index (χ4v) is 1.79. The van der Waals surface area contributed by atoms with Crippen LogP contribution in [0.3, 0.4) is 0 Å².